The van der Waals surface area contributed by atoms with Crippen molar-refractivity contribution in [2.75, 3.05) is 20.1 Å². The standard InChI is InChI=1S/C10H18N4O2S.ClH/c1-11-9-4-3-5-14(7-9)17(15,16)10-6-12-13(2)8-10;/h6,8-9,11H,3-5,7H2,1-2H3;1H. The molecule has 1 aromatic heterocycles. The zero-order chi connectivity index (χ0) is 12.5. The molecular formula is C10H19ClN4O2S. The number of rotatable bonds is 3. The predicted molar refractivity (Wildman–Crippen MR) is 71.3 cm³/mol. The number of halogens is 1. The van der Waals surface area contributed by atoms with Crippen molar-refractivity contribution >= 4 is 22.4 Å². The average molecular weight is 295 g/mol. The van der Waals surface area contributed by atoms with Crippen molar-refractivity contribution in [3.63, 3.8) is 0 Å². The number of aryl methyl sites for hydroxylation is 1. The minimum Gasteiger partial charge on any atom is -0.316 e. The number of likely N-dealkylation sites (N-methyl/N-ethyl adjacent to an activating group) is 1. The highest BCUT2D eigenvalue weighted by molar-refractivity contribution is 7.89. The number of aromatic nitrogens is 2. The van der Waals surface area contributed by atoms with E-state index in [9.17, 15) is 8.42 Å². The maximum atomic E-state index is 12.3. The van der Waals surface area contributed by atoms with E-state index in [2.05, 4.69) is 10.4 Å². The van der Waals surface area contributed by atoms with E-state index >= 15 is 0 Å². The maximum Gasteiger partial charge on any atom is 0.246 e. The van der Waals surface area contributed by atoms with Gasteiger partial charge in [0.1, 0.15) is 4.90 Å². The lowest BCUT2D eigenvalue weighted by Gasteiger charge is -2.31. The van der Waals surface area contributed by atoms with Crippen LogP contribution in [0, 0.1) is 0 Å². The Balaban J connectivity index is 0.00000162. The molecule has 0 spiro atoms. The molecule has 0 aliphatic carbocycles. The first-order chi connectivity index (χ1) is 8.04. The van der Waals surface area contributed by atoms with Gasteiger partial charge < -0.3 is 5.32 Å². The summed E-state index contributed by atoms with van der Waals surface area (Å²) in [6.07, 6.45) is 4.86. The van der Waals surface area contributed by atoms with Crippen molar-refractivity contribution in [1.29, 1.82) is 0 Å². The van der Waals surface area contributed by atoms with Crippen LogP contribution in [0.25, 0.3) is 0 Å². The van der Waals surface area contributed by atoms with Gasteiger partial charge in [-0.1, -0.05) is 0 Å². The minimum absolute atomic E-state index is 0. The largest absolute Gasteiger partial charge is 0.316 e. The third-order valence-electron chi connectivity index (χ3n) is 3.11. The summed E-state index contributed by atoms with van der Waals surface area (Å²) in [5.74, 6) is 0. The fraction of sp³-hybridized carbons (Fsp3) is 0.700. The first-order valence-corrected chi connectivity index (χ1v) is 7.14. The van der Waals surface area contributed by atoms with Crippen molar-refractivity contribution in [3.05, 3.63) is 12.4 Å². The summed E-state index contributed by atoms with van der Waals surface area (Å²) >= 11 is 0. The Morgan fingerprint density at radius 3 is 2.78 bits per heavy atom. The van der Waals surface area contributed by atoms with Gasteiger partial charge in [-0.05, 0) is 19.9 Å². The molecule has 0 radical (unpaired) electrons. The lowest BCUT2D eigenvalue weighted by Crippen LogP contribution is -2.46. The molecule has 6 nitrogen and oxygen atoms in total. The quantitative estimate of drug-likeness (QED) is 0.866. The van der Waals surface area contributed by atoms with Crippen LogP contribution in [0.3, 0.4) is 0 Å². The van der Waals surface area contributed by atoms with E-state index in [0.29, 0.717) is 13.1 Å². The molecule has 0 aromatic carbocycles. The van der Waals surface area contributed by atoms with E-state index in [0.717, 1.165) is 12.8 Å². The summed E-state index contributed by atoms with van der Waals surface area (Å²) in [5, 5.41) is 7.05. The molecule has 2 rings (SSSR count). The van der Waals surface area contributed by atoms with E-state index in [1.165, 1.54) is 15.2 Å². The SMILES string of the molecule is CNC1CCCN(S(=O)(=O)c2cnn(C)c2)C1.Cl. The second kappa shape index (κ2) is 6.01. The normalized spacial score (nSPS) is 21.6. The molecule has 1 saturated heterocycles. The van der Waals surface area contributed by atoms with Crippen molar-refractivity contribution in [1.82, 2.24) is 19.4 Å². The summed E-state index contributed by atoms with van der Waals surface area (Å²) in [4.78, 5) is 0.275. The number of nitrogens with one attached hydrogen (secondary N) is 1. The van der Waals surface area contributed by atoms with Gasteiger partial charge >= 0.3 is 0 Å². The Labute approximate surface area is 114 Å². The Morgan fingerprint density at radius 1 is 1.50 bits per heavy atom. The average Bonchev–Trinajstić information content (AvgIpc) is 2.76. The molecule has 1 aliphatic heterocycles. The number of sulfonamides is 1. The molecule has 2 heterocycles. The van der Waals surface area contributed by atoms with Crippen LogP contribution in [-0.2, 0) is 17.1 Å². The van der Waals surface area contributed by atoms with Crippen LogP contribution in [0.2, 0.25) is 0 Å². The minimum atomic E-state index is -3.37. The van der Waals surface area contributed by atoms with Crippen molar-refractivity contribution < 1.29 is 8.42 Å². The highest BCUT2D eigenvalue weighted by Gasteiger charge is 2.30. The lowest BCUT2D eigenvalue weighted by atomic mass is 10.1. The van der Waals surface area contributed by atoms with E-state index in [1.54, 1.807) is 13.2 Å². The molecule has 1 fully saturated rings. The van der Waals surface area contributed by atoms with Gasteiger partial charge in [0.15, 0.2) is 0 Å². The Kier molecular flexibility index (Phi) is 5.15. The summed E-state index contributed by atoms with van der Waals surface area (Å²) in [5.41, 5.74) is 0. The first-order valence-electron chi connectivity index (χ1n) is 5.70. The zero-order valence-electron chi connectivity index (χ0n) is 10.5. The first kappa shape index (κ1) is 15.4. The molecule has 1 aromatic rings. The Bertz CT molecular complexity index is 488. The maximum absolute atomic E-state index is 12.3. The van der Waals surface area contributed by atoms with E-state index < -0.39 is 10.0 Å². The topological polar surface area (TPSA) is 67.2 Å². The molecule has 0 amide bonds. The van der Waals surface area contributed by atoms with Gasteiger partial charge in [-0.25, -0.2) is 8.42 Å². The van der Waals surface area contributed by atoms with Crippen molar-refractivity contribution in [2.24, 2.45) is 7.05 Å². The number of nitrogens with zero attached hydrogens (tertiary/aromatic N) is 3. The third kappa shape index (κ3) is 3.03. The third-order valence-corrected chi connectivity index (χ3v) is 4.93. The monoisotopic (exact) mass is 294 g/mol. The van der Waals surface area contributed by atoms with Gasteiger partial charge in [0.25, 0.3) is 0 Å². The Morgan fingerprint density at radius 2 is 2.22 bits per heavy atom. The summed E-state index contributed by atoms with van der Waals surface area (Å²) in [7, 11) is 0.206. The van der Waals surface area contributed by atoms with Gasteiger partial charge in [0, 0.05) is 32.4 Å². The van der Waals surface area contributed by atoms with Gasteiger partial charge in [0.2, 0.25) is 10.0 Å². The van der Waals surface area contributed by atoms with Gasteiger partial charge in [-0.2, -0.15) is 9.40 Å². The fourth-order valence-electron chi connectivity index (χ4n) is 2.08. The summed E-state index contributed by atoms with van der Waals surface area (Å²) < 4.78 is 27.7. The van der Waals surface area contributed by atoms with Crippen LogP contribution in [0.5, 0.6) is 0 Å². The van der Waals surface area contributed by atoms with Crippen LogP contribution in [0.4, 0.5) is 0 Å². The summed E-state index contributed by atoms with van der Waals surface area (Å²) in [6, 6.07) is 0.246. The van der Waals surface area contributed by atoms with Crippen LogP contribution in [0.15, 0.2) is 17.3 Å². The predicted octanol–water partition coefficient (Wildman–Crippen LogP) is 0.214. The molecule has 0 saturated carbocycles. The second-order valence-electron chi connectivity index (χ2n) is 4.34. The molecule has 104 valence electrons. The number of hydrogen-bond acceptors (Lipinski definition) is 4. The zero-order valence-corrected chi connectivity index (χ0v) is 12.2. The molecule has 1 unspecified atom stereocenters. The highest BCUT2D eigenvalue weighted by Crippen LogP contribution is 2.19. The van der Waals surface area contributed by atoms with Crippen molar-refractivity contribution in [3.8, 4) is 0 Å². The van der Waals surface area contributed by atoms with Gasteiger partial charge in [-0.3, -0.25) is 4.68 Å². The van der Waals surface area contributed by atoms with E-state index in [4.69, 9.17) is 0 Å². The van der Waals surface area contributed by atoms with Gasteiger partial charge in [-0.15, -0.1) is 12.4 Å². The summed E-state index contributed by atoms with van der Waals surface area (Å²) in [6.45, 7) is 1.13. The second-order valence-corrected chi connectivity index (χ2v) is 6.28. The molecule has 1 atom stereocenters. The number of hydrogen-bond donors (Lipinski definition) is 1. The van der Waals surface area contributed by atoms with Gasteiger partial charge in [0.05, 0.1) is 6.20 Å². The lowest BCUT2D eigenvalue weighted by molar-refractivity contribution is 0.293. The van der Waals surface area contributed by atoms with Crippen LogP contribution < -0.4 is 5.32 Å². The molecular weight excluding hydrogens is 276 g/mol. The fourth-order valence-corrected chi connectivity index (χ4v) is 3.59. The molecule has 18 heavy (non-hydrogen) atoms. The number of piperidine rings is 1. The highest BCUT2D eigenvalue weighted by atomic mass is 35.5. The molecule has 1 N–H and O–H groups in total. The van der Waals surface area contributed by atoms with Crippen LogP contribution >= 0.6 is 12.4 Å². The molecule has 8 heteroatoms. The Hall–Kier alpha value is -0.630. The molecule has 0 bridgehead atoms. The van der Waals surface area contributed by atoms with E-state index in [1.807, 2.05) is 7.05 Å². The van der Waals surface area contributed by atoms with Crippen molar-refractivity contribution in [2.45, 2.75) is 23.8 Å². The van der Waals surface area contributed by atoms with Crippen LogP contribution in [0.1, 0.15) is 12.8 Å². The van der Waals surface area contributed by atoms with Crippen LogP contribution in [-0.4, -0.2) is 48.7 Å². The van der Waals surface area contributed by atoms with E-state index in [-0.39, 0.29) is 23.3 Å². The smallest absolute Gasteiger partial charge is 0.246 e. The molecule has 1 aliphatic rings.